The fourth-order valence-electron chi connectivity index (χ4n) is 2.32. The topological polar surface area (TPSA) is 17.3 Å². The van der Waals surface area contributed by atoms with Crippen LogP contribution in [-0.4, -0.2) is 4.57 Å². The summed E-state index contributed by atoms with van der Waals surface area (Å²) in [4.78, 5) is 5.69. The lowest BCUT2D eigenvalue weighted by Gasteiger charge is -2.06. The van der Waals surface area contributed by atoms with Crippen molar-refractivity contribution in [2.24, 2.45) is 4.99 Å². The Bertz CT molecular complexity index is 844. The normalized spacial score (nSPS) is 11.9. The van der Waals surface area contributed by atoms with Crippen LogP contribution in [0.4, 0.5) is 5.69 Å². The van der Waals surface area contributed by atoms with Gasteiger partial charge in [0.15, 0.2) is 4.80 Å². The summed E-state index contributed by atoms with van der Waals surface area (Å²) in [5.74, 6) is 0. The summed E-state index contributed by atoms with van der Waals surface area (Å²) in [6.07, 6.45) is 0. The van der Waals surface area contributed by atoms with Crippen LogP contribution in [0.3, 0.4) is 0 Å². The summed E-state index contributed by atoms with van der Waals surface area (Å²) in [7, 11) is 0. The van der Waals surface area contributed by atoms with Crippen LogP contribution in [-0.2, 0) is 6.54 Å². The van der Waals surface area contributed by atoms with Crippen molar-refractivity contribution >= 4 is 28.6 Å². The van der Waals surface area contributed by atoms with E-state index in [2.05, 4.69) is 48.1 Å². The van der Waals surface area contributed by atoms with E-state index in [4.69, 9.17) is 16.6 Å². The lowest BCUT2D eigenvalue weighted by atomic mass is 10.1. The molecule has 0 radical (unpaired) electrons. The second-order valence-electron chi connectivity index (χ2n) is 5.08. The summed E-state index contributed by atoms with van der Waals surface area (Å²) in [6.45, 7) is 5.11. The highest BCUT2D eigenvalue weighted by atomic mass is 35.5. The van der Waals surface area contributed by atoms with Gasteiger partial charge in [0.25, 0.3) is 0 Å². The quantitative estimate of drug-likeness (QED) is 0.610. The molecule has 0 spiro atoms. The summed E-state index contributed by atoms with van der Waals surface area (Å²) in [5, 5.41) is 2.83. The van der Waals surface area contributed by atoms with Gasteiger partial charge in [-0.25, -0.2) is 4.99 Å². The van der Waals surface area contributed by atoms with Crippen LogP contribution < -0.4 is 4.80 Å². The smallest absolute Gasteiger partial charge is 0.190 e. The van der Waals surface area contributed by atoms with E-state index in [1.165, 1.54) is 16.8 Å². The van der Waals surface area contributed by atoms with Crippen LogP contribution in [0.25, 0.3) is 11.3 Å². The van der Waals surface area contributed by atoms with E-state index < -0.39 is 0 Å². The highest BCUT2D eigenvalue weighted by Crippen LogP contribution is 2.25. The predicted molar refractivity (Wildman–Crippen MR) is 94.8 cm³/mol. The largest absolute Gasteiger partial charge is 0.317 e. The van der Waals surface area contributed by atoms with Crippen LogP contribution in [0.1, 0.15) is 12.5 Å². The molecule has 0 aliphatic carbocycles. The molecule has 3 rings (SSSR count). The molecule has 0 unspecified atom stereocenters. The number of hydrogen-bond donors (Lipinski definition) is 0. The third-order valence-corrected chi connectivity index (χ3v) is 4.71. The van der Waals surface area contributed by atoms with Crippen molar-refractivity contribution in [2.45, 2.75) is 20.4 Å². The summed E-state index contributed by atoms with van der Waals surface area (Å²) < 4.78 is 2.22. The lowest BCUT2D eigenvalue weighted by Crippen LogP contribution is -2.14. The summed E-state index contributed by atoms with van der Waals surface area (Å²) in [6, 6.07) is 16.3. The molecule has 0 atom stereocenters. The Balaban J connectivity index is 2.12. The van der Waals surface area contributed by atoms with Crippen molar-refractivity contribution in [3.05, 3.63) is 69.3 Å². The van der Waals surface area contributed by atoms with Gasteiger partial charge in [0.1, 0.15) is 0 Å². The monoisotopic (exact) mass is 328 g/mol. The Morgan fingerprint density at radius 1 is 1.09 bits per heavy atom. The van der Waals surface area contributed by atoms with Gasteiger partial charge in [0, 0.05) is 11.9 Å². The van der Waals surface area contributed by atoms with Gasteiger partial charge in [-0.05, 0) is 31.5 Å². The Morgan fingerprint density at radius 3 is 2.50 bits per heavy atom. The van der Waals surface area contributed by atoms with Crippen LogP contribution >= 0.6 is 22.9 Å². The maximum absolute atomic E-state index is 6.21. The van der Waals surface area contributed by atoms with Gasteiger partial charge in [-0.3, -0.25) is 0 Å². The Hall–Kier alpha value is -1.84. The minimum Gasteiger partial charge on any atom is -0.317 e. The maximum Gasteiger partial charge on any atom is 0.190 e. The zero-order valence-corrected chi connectivity index (χ0v) is 14.2. The first kappa shape index (κ1) is 15.1. The second kappa shape index (κ2) is 6.51. The average Bonchev–Trinajstić information content (AvgIpc) is 2.93. The first-order chi connectivity index (χ1) is 10.7. The zero-order chi connectivity index (χ0) is 15.5. The van der Waals surface area contributed by atoms with Crippen LogP contribution in [0, 0.1) is 6.92 Å². The Kier molecular flexibility index (Phi) is 4.46. The van der Waals surface area contributed by atoms with Crippen molar-refractivity contribution in [3.8, 4) is 11.3 Å². The molecule has 0 aliphatic rings. The molecule has 112 valence electrons. The average molecular weight is 329 g/mol. The van der Waals surface area contributed by atoms with E-state index in [0.29, 0.717) is 5.02 Å². The number of para-hydroxylation sites is 1. The van der Waals surface area contributed by atoms with E-state index in [1.807, 2.05) is 24.3 Å². The second-order valence-corrected chi connectivity index (χ2v) is 6.32. The summed E-state index contributed by atoms with van der Waals surface area (Å²) >= 11 is 7.85. The molecule has 22 heavy (non-hydrogen) atoms. The van der Waals surface area contributed by atoms with Crippen LogP contribution in [0.15, 0.2) is 58.9 Å². The van der Waals surface area contributed by atoms with Gasteiger partial charge in [0.2, 0.25) is 0 Å². The molecule has 3 aromatic rings. The standard InChI is InChI=1S/C18H17ClN2S/c1-3-21-17(14-10-8-13(2)9-11-14)12-22-18(21)20-16-7-5-4-6-15(16)19/h4-12H,3H2,1-2H3. The Labute approximate surface area is 139 Å². The minimum absolute atomic E-state index is 0.676. The molecule has 0 saturated carbocycles. The van der Waals surface area contributed by atoms with Gasteiger partial charge in [-0.15, -0.1) is 11.3 Å². The molecule has 4 heteroatoms. The molecule has 0 amide bonds. The number of thiazole rings is 1. The van der Waals surface area contributed by atoms with E-state index in [9.17, 15) is 0 Å². The van der Waals surface area contributed by atoms with Gasteiger partial charge in [0.05, 0.1) is 16.4 Å². The predicted octanol–water partition coefficient (Wildman–Crippen LogP) is 5.43. The molecule has 0 aliphatic heterocycles. The molecule has 0 bridgehead atoms. The first-order valence-corrected chi connectivity index (χ1v) is 8.49. The molecule has 1 heterocycles. The van der Waals surface area contributed by atoms with Crippen molar-refractivity contribution in [1.82, 2.24) is 4.57 Å². The number of benzene rings is 2. The third-order valence-electron chi connectivity index (χ3n) is 3.53. The van der Waals surface area contributed by atoms with Gasteiger partial charge in [-0.1, -0.05) is 53.6 Å². The summed E-state index contributed by atoms with van der Waals surface area (Å²) in [5.41, 5.74) is 4.48. The molecule has 0 saturated heterocycles. The number of nitrogens with zero attached hydrogens (tertiary/aromatic N) is 2. The number of halogens is 1. The SMILES string of the molecule is CCn1c(-c2ccc(C)cc2)csc1=Nc1ccccc1Cl. The number of rotatable bonds is 3. The van der Waals surface area contributed by atoms with Crippen molar-refractivity contribution in [3.63, 3.8) is 0 Å². The fraction of sp³-hybridized carbons (Fsp3) is 0.167. The molecule has 2 nitrogen and oxygen atoms in total. The molecule has 2 aromatic carbocycles. The van der Waals surface area contributed by atoms with E-state index in [1.54, 1.807) is 11.3 Å². The van der Waals surface area contributed by atoms with Gasteiger partial charge < -0.3 is 4.57 Å². The first-order valence-electron chi connectivity index (χ1n) is 7.23. The van der Waals surface area contributed by atoms with E-state index in [-0.39, 0.29) is 0 Å². The van der Waals surface area contributed by atoms with E-state index in [0.717, 1.165) is 17.0 Å². The molecule has 0 fully saturated rings. The maximum atomic E-state index is 6.21. The molecular weight excluding hydrogens is 312 g/mol. The highest BCUT2D eigenvalue weighted by Gasteiger charge is 2.07. The van der Waals surface area contributed by atoms with Crippen LogP contribution in [0.5, 0.6) is 0 Å². The molecule has 1 aromatic heterocycles. The Morgan fingerprint density at radius 2 is 1.82 bits per heavy atom. The van der Waals surface area contributed by atoms with Crippen molar-refractivity contribution in [1.29, 1.82) is 0 Å². The third kappa shape index (κ3) is 3.01. The highest BCUT2D eigenvalue weighted by molar-refractivity contribution is 7.07. The van der Waals surface area contributed by atoms with Gasteiger partial charge in [-0.2, -0.15) is 0 Å². The van der Waals surface area contributed by atoms with Crippen LogP contribution in [0.2, 0.25) is 5.02 Å². The number of hydrogen-bond acceptors (Lipinski definition) is 2. The lowest BCUT2D eigenvalue weighted by molar-refractivity contribution is 0.745. The minimum atomic E-state index is 0.676. The van der Waals surface area contributed by atoms with E-state index >= 15 is 0 Å². The number of aryl methyl sites for hydroxylation is 1. The number of aromatic nitrogens is 1. The van der Waals surface area contributed by atoms with Gasteiger partial charge >= 0.3 is 0 Å². The van der Waals surface area contributed by atoms with Crippen molar-refractivity contribution < 1.29 is 0 Å². The van der Waals surface area contributed by atoms with Crippen molar-refractivity contribution in [2.75, 3.05) is 0 Å². The fourth-order valence-corrected chi connectivity index (χ4v) is 3.49. The molecular formula is C18H17ClN2S. The molecule has 0 N–H and O–H groups in total. The zero-order valence-electron chi connectivity index (χ0n) is 12.6.